The number of rotatable bonds is 0. The second kappa shape index (κ2) is 4.12. The Hall–Kier alpha value is -0.840. The SMILES string of the molecule is CC(C)(C)OC(=O)N1C2CC[C@@H]1[C@@H](F)[C@@H](N)C2. The van der Waals surface area contributed by atoms with Crippen molar-refractivity contribution in [1.29, 1.82) is 0 Å². The molecule has 0 aromatic heterocycles. The normalized spacial score (nSPS) is 37.1. The number of hydrogen-bond donors (Lipinski definition) is 1. The van der Waals surface area contributed by atoms with Crippen molar-refractivity contribution in [3.05, 3.63) is 0 Å². The molecule has 0 radical (unpaired) electrons. The first-order chi connectivity index (χ1) is 7.79. The van der Waals surface area contributed by atoms with Crippen molar-refractivity contribution in [3.8, 4) is 0 Å². The Morgan fingerprint density at radius 3 is 2.65 bits per heavy atom. The van der Waals surface area contributed by atoms with E-state index in [-0.39, 0.29) is 6.04 Å². The van der Waals surface area contributed by atoms with Crippen LogP contribution in [-0.4, -0.2) is 40.9 Å². The molecule has 0 spiro atoms. The Kier molecular flexibility index (Phi) is 3.06. The number of alkyl halides is 1. The quantitative estimate of drug-likeness (QED) is 0.707. The van der Waals surface area contributed by atoms with Crippen LogP contribution < -0.4 is 5.73 Å². The number of piperidine rings is 1. The Morgan fingerprint density at radius 1 is 1.41 bits per heavy atom. The van der Waals surface area contributed by atoms with E-state index in [0.29, 0.717) is 12.8 Å². The molecular weight excluding hydrogens is 223 g/mol. The average Bonchev–Trinajstić information content (AvgIpc) is 2.51. The van der Waals surface area contributed by atoms with Gasteiger partial charge in [0.25, 0.3) is 0 Å². The van der Waals surface area contributed by atoms with Crippen LogP contribution in [0.15, 0.2) is 0 Å². The summed E-state index contributed by atoms with van der Waals surface area (Å²) in [4.78, 5) is 13.6. The maximum atomic E-state index is 13.9. The maximum absolute atomic E-state index is 13.9. The van der Waals surface area contributed by atoms with Crippen molar-refractivity contribution in [2.24, 2.45) is 5.73 Å². The predicted octanol–water partition coefficient (Wildman–Crippen LogP) is 1.82. The monoisotopic (exact) mass is 244 g/mol. The van der Waals surface area contributed by atoms with Gasteiger partial charge in [-0.2, -0.15) is 0 Å². The number of fused-ring (bicyclic) bond motifs is 2. The highest BCUT2D eigenvalue weighted by molar-refractivity contribution is 5.70. The lowest BCUT2D eigenvalue weighted by molar-refractivity contribution is -0.00988. The largest absolute Gasteiger partial charge is 0.444 e. The number of halogens is 1. The van der Waals surface area contributed by atoms with Crippen LogP contribution in [0.2, 0.25) is 0 Å². The van der Waals surface area contributed by atoms with Gasteiger partial charge in [0, 0.05) is 12.1 Å². The molecule has 4 atom stereocenters. The van der Waals surface area contributed by atoms with Gasteiger partial charge in [0.15, 0.2) is 0 Å². The average molecular weight is 244 g/mol. The van der Waals surface area contributed by atoms with Gasteiger partial charge >= 0.3 is 6.09 Å². The molecule has 2 heterocycles. The third-order valence-electron chi connectivity index (χ3n) is 3.47. The standard InChI is InChI=1S/C12H21FN2O2/c1-12(2,3)17-11(16)15-7-4-5-9(15)10(13)8(14)6-7/h7-10H,4-6,14H2,1-3H3/t7?,8-,9+,10-/m0/s1. The predicted molar refractivity (Wildman–Crippen MR) is 62.4 cm³/mol. The Balaban J connectivity index is 2.10. The molecule has 4 nitrogen and oxygen atoms in total. The molecule has 1 unspecified atom stereocenters. The first-order valence-electron chi connectivity index (χ1n) is 6.20. The van der Waals surface area contributed by atoms with E-state index in [4.69, 9.17) is 10.5 Å². The molecule has 2 N–H and O–H groups in total. The zero-order valence-electron chi connectivity index (χ0n) is 10.6. The van der Waals surface area contributed by atoms with Gasteiger partial charge in [0.1, 0.15) is 11.8 Å². The fourth-order valence-electron chi connectivity index (χ4n) is 2.78. The van der Waals surface area contributed by atoms with Crippen LogP contribution in [-0.2, 0) is 4.74 Å². The zero-order valence-corrected chi connectivity index (χ0v) is 10.6. The molecule has 1 amide bonds. The van der Waals surface area contributed by atoms with Gasteiger partial charge in [0.2, 0.25) is 0 Å². The number of ether oxygens (including phenoxy) is 1. The van der Waals surface area contributed by atoms with Gasteiger partial charge in [-0.15, -0.1) is 0 Å². The molecule has 98 valence electrons. The van der Waals surface area contributed by atoms with Crippen LogP contribution in [0.25, 0.3) is 0 Å². The lowest BCUT2D eigenvalue weighted by Gasteiger charge is -2.40. The minimum absolute atomic E-state index is 0.0526. The van der Waals surface area contributed by atoms with Gasteiger partial charge in [-0.05, 0) is 40.0 Å². The van der Waals surface area contributed by atoms with E-state index >= 15 is 0 Å². The summed E-state index contributed by atoms with van der Waals surface area (Å²) < 4.78 is 19.3. The first-order valence-corrected chi connectivity index (χ1v) is 6.20. The zero-order chi connectivity index (χ0) is 12.8. The molecular formula is C12H21FN2O2. The highest BCUT2D eigenvalue weighted by Gasteiger charge is 2.49. The van der Waals surface area contributed by atoms with Crippen LogP contribution >= 0.6 is 0 Å². The van der Waals surface area contributed by atoms with E-state index in [0.717, 1.165) is 6.42 Å². The van der Waals surface area contributed by atoms with Crippen molar-refractivity contribution in [1.82, 2.24) is 4.90 Å². The number of nitrogens with zero attached hydrogens (tertiary/aromatic N) is 1. The number of carbonyl (C=O) groups excluding carboxylic acids is 1. The summed E-state index contributed by atoms with van der Waals surface area (Å²) in [5, 5.41) is 0. The molecule has 0 aromatic rings. The van der Waals surface area contributed by atoms with Crippen LogP contribution in [0, 0.1) is 0 Å². The van der Waals surface area contributed by atoms with Gasteiger partial charge in [-0.1, -0.05) is 0 Å². The number of hydrogen-bond acceptors (Lipinski definition) is 3. The smallest absolute Gasteiger partial charge is 0.410 e. The van der Waals surface area contributed by atoms with Crippen LogP contribution in [0.4, 0.5) is 9.18 Å². The van der Waals surface area contributed by atoms with Crippen molar-refractivity contribution >= 4 is 6.09 Å². The molecule has 2 saturated heterocycles. The number of nitrogens with two attached hydrogens (primary N) is 1. The Morgan fingerprint density at radius 2 is 2.06 bits per heavy atom. The van der Waals surface area contributed by atoms with Crippen molar-refractivity contribution in [2.45, 2.75) is 69.9 Å². The molecule has 2 aliphatic rings. The molecule has 2 aliphatic heterocycles. The third-order valence-corrected chi connectivity index (χ3v) is 3.47. The summed E-state index contributed by atoms with van der Waals surface area (Å²) in [5.41, 5.74) is 5.20. The molecule has 0 aliphatic carbocycles. The molecule has 17 heavy (non-hydrogen) atoms. The minimum atomic E-state index is -1.12. The van der Waals surface area contributed by atoms with Crippen molar-refractivity contribution in [3.63, 3.8) is 0 Å². The Labute approximate surface area is 101 Å². The van der Waals surface area contributed by atoms with E-state index in [1.807, 2.05) is 20.8 Å². The molecule has 0 saturated carbocycles. The van der Waals surface area contributed by atoms with E-state index in [9.17, 15) is 9.18 Å². The van der Waals surface area contributed by atoms with E-state index < -0.39 is 29.9 Å². The fourth-order valence-corrected chi connectivity index (χ4v) is 2.78. The fraction of sp³-hybridized carbons (Fsp3) is 0.917. The lowest BCUT2D eigenvalue weighted by atomic mass is 9.97. The number of carbonyl (C=O) groups is 1. The van der Waals surface area contributed by atoms with Crippen molar-refractivity contribution < 1.29 is 13.9 Å². The first kappa shape index (κ1) is 12.6. The summed E-state index contributed by atoms with van der Waals surface area (Å²) in [6.07, 6.45) is 0.536. The van der Waals surface area contributed by atoms with Gasteiger partial charge < -0.3 is 10.5 Å². The van der Waals surface area contributed by atoms with Gasteiger partial charge in [-0.25, -0.2) is 9.18 Å². The molecule has 5 heteroatoms. The topological polar surface area (TPSA) is 55.6 Å². The third kappa shape index (κ3) is 2.39. The minimum Gasteiger partial charge on any atom is -0.444 e. The van der Waals surface area contributed by atoms with Crippen LogP contribution in [0.3, 0.4) is 0 Å². The molecule has 0 aromatic carbocycles. The summed E-state index contributed by atoms with van der Waals surface area (Å²) in [6, 6.07) is -0.776. The van der Waals surface area contributed by atoms with Crippen molar-refractivity contribution in [2.75, 3.05) is 0 Å². The van der Waals surface area contributed by atoms with E-state index in [2.05, 4.69) is 0 Å². The van der Waals surface area contributed by atoms with Gasteiger partial charge in [0.05, 0.1) is 6.04 Å². The molecule has 2 fully saturated rings. The van der Waals surface area contributed by atoms with Crippen LogP contribution in [0.5, 0.6) is 0 Å². The lowest BCUT2D eigenvalue weighted by Crippen LogP contribution is -2.57. The summed E-state index contributed by atoms with van der Waals surface area (Å²) >= 11 is 0. The van der Waals surface area contributed by atoms with Gasteiger partial charge in [-0.3, -0.25) is 4.90 Å². The highest BCUT2D eigenvalue weighted by Crippen LogP contribution is 2.37. The molecule has 2 bridgehead atoms. The Bertz CT molecular complexity index is 316. The summed E-state index contributed by atoms with van der Waals surface area (Å²) in [5.74, 6) is 0. The van der Waals surface area contributed by atoms with Crippen LogP contribution in [0.1, 0.15) is 40.0 Å². The second-order valence-electron chi connectivity index (χ2n) is 6.03. The van der Waals surface area contributed by atoms with E-state index in [1.165, 1.54) is 0 Å². The number of amides is 1. The second-order valence-corrected chi connectivity index (χ2v) is 6.03. The molecule has 2 rings (SSSR count). The summed E-state index contributed by atoms with van der Waals surface area (Å²) in [7, 11) is 0. The summed E-state index contributed by atoms with van der Waals surface area (Å²) in [6.45, 7) is 5.44. The maximum Gasteiger partial charge on any atom is 0.410 e. The highest BCUT2D eigenvalue weighted by atomic mass is 19.1. The van der Waals surface area contributed by atoms with E-state index in [1.54, 1.807) is 4.90 Å².